The van der Waals surface area contributed by atoms with E-state index < -0.39 is 0 Å². The van der Waals surface area contributed by atoms with Gasteiger partial charge >= 0.3 is 0 Å². The number of hydrogen-bond acceptors (Lipinski definition) is 2. The average molecular weight is 279 g/mol. The molecule has 1 aromatic heterocycles. The maximum absolute atomic E-state index is 12.1. The minimum Gasteiger partial charge on any atom is -0.399 e. The summed E-state index contributed by atoms with van der Waals surface area (Å²) in [4.78, 5) is 12.1. The molecule has 0 radical (unpaired) electrons. The highest BCUT2D eigenvalue weighted by Gasteiger charge is 2.07. The fraction of sp³-hybridized carbons (Fsp3) is 0.118. The highest BCUT2D eigenvalue weighted by atomic mass is 16.1. The number of aryl methyl sites for hydroxylation is 1. The van der Waals surface area contributed by atoms with E-state index in [1.165, 1.54) is 5.56 Å². The lowest BCUT2D eigenvalue weighted by molar-refractivity contribution is -0.116. The second-order valence-electron chi connectivity index (χ2n) is 5.18. The van der Waals surface area contributed by atoms with Crippen molar-refractivity contribution in [1.29, 1.82) is 0 Å². The van der Waals surface area contributed by atoms with Gasteiger partial charge in [0.1, 0.15) is 6.54 Å². The summed E-state index contributed by atoms with van der Waals surface area (Å²) in [5.74, 6) is -0.0698. The summed E-state index contributed by atoms with van der Waals surface area (Å²) in [5, 5.41) is 4.00. The molecule has 2 aromatic carbocycles. The Hall–Kier alpha value is -2.75. The molecule has 0 spiro atoms. The first-order valence-corrected chi connectivity index (χ1v) is 6.83. The number of carbonyl (C=O) groups excluding carboxylic acids is 1. The maximum atomic E-state index is 12.1. The van der Waals surface area contributed by atoms with Crippen molar-refractivity contribution >= 4 is 28.2 Å². The normalized spacial score (nSPS) is 10.7. The van der Waals surface area contributed by atoms with Crippen LogP contribution in [0.5, 0.6) is 0 Å². The summed E-state index contributed by atoms with van der Waals surface area (Å²) in [6, 6.07) is 15.4. The molecule has 0 aliphatic rings. The van der Waals surface area contributed by atoms with E-state index in [2.05, 4.69) is 23.5 Å². The van der Waals surface area contributed by atoms with Crippen LogP contribution in [0, 0.1) is 6.92 Å². The van der Waals surface area contributed by atoms with Crippen LogP contribution in [-0.2, 0) is 11.3 Å². The van der Waals surface area contributed by atoms with Crippen LogP contribution in [0.25, 0.3) is 10.9 Å². The molecule has 4 heteroatoms. The Balaban J connectivity index is 1.79. The molecule has 0 atom stereocenters. The number of nitrogens with one attached hydrogen (secondary N) is 1. The number of carbonyl (C=O) groups is 1. The van der Waals surface area contributed by atoms with Crippen LogP contribution < -0.4 is 11.1 Å². The number of rotatable bonds is 3. The Morgan fingerprint density at radius 3 is 2.86 bits per heavy atom. The zero-order valence-electron chi connectivity index (χ0n) is 11.8. The van der Waals surface area contributed by atoms with E-state index in [-0.39, 0.29) is 12.5 Å². The molecule has 0 fully saturated rings. The molecule has 0 saturated carbocycles. The summed E-state index contributed by atoms with van der Waals surface area (Å²) in [7, 11) is 0. The van der Waals surface area contributed by atoms with E-state index in [1.807, 2.05) is 35.9 Å². The van der Waals surface area contributed by atoms with Gasteiger partial charge in [-0.15, -0.1) is 0 Å². The van der Waals surface area contributed by atoms with Gasteiger partial charge in [-0.25, -0.2) is 0 Å². The van der Waals surface area contributed by atoms with Crippen molar-refractivity contribution in [3.63, 3.8) is 0 Å². The third kappa shape index (κ3) is 2.89. The van der Waals surface area contributed by atoms with Gasteiger partial charge in [-0.2, -0.15) is 0 Å². The fourth-order valence-corrected chi connectivity index (χ4v) is 2.40. The van der Waals surface area contributed by atoms with E-state index >= 15 is 0 Å². The molecule has 21 heavy (non-hydrogen) atoms. The van der Waals surface area contributed by atoms with Gasteiger partial charge in [0.15, 0.2) is 0 Å². The fourth-order valence-electron chi connectivity index (χ4n) is 2.40. The van der Waals surface area contributed by atoms with Crippen molar-refractivity contribution in [2.75, 3.05) is 11.1 Å². The molecule has 3 N–H and O–H groups in total. The van der Waals surface area contributed by atoms with Gasteiger partial charge < -0.3 is 15.6 Å². The topological polar surface area (TPSA) is 60.0 Å². The molecule has 0 unspecified atom stereocenters. The number of anilines is 2. The van der Waals surface area contributed by atoms with Crippen molar-refractivity contribution in [1.82, 2.24) is 4.57 Å². The molecule has 1 amide bonds. The summed E-state index contributed by atoms with van der Waals surface area (Å²) >= 11 is 0. The molecular formula is C17H17N3O. The van der Waals surface area contributed by atoms with Crippen LogP contribution in [0.4, 0.5) is 11.4 Å². The van der Waals surface area contributed by atoms with Gasteiger partial charge in [-0.1, -0.05) is 18.2 Å². The zero-order chi connectivity index (χ0) is 14.8. The predicted molar refractivity (Wildman–Crippen MR) is 86.2 cm³/mol. The van der Waals surface area contributed by atoms with Crippen LogP contribution in [0.1, 0.15) is 5.56 Å². The molecule has 0 bridgehead atoms. The number of amides is 1. The first kappa shape index (κ1) is 13.2. The van der Waals surface area contributed by atoms with Crippen molar-refractivity contribution < 1.29 is 4.79 Å². The number of nitrogens with two attached hydrogens (primary N) is 1. The molecule has 106 valence electrons. The molecule has 3 rings (SSSR count). The first-order chi connectivity index (χ1) is 10.1. The maximum Gasteiger partial charge on any atom is 0.244 e. The SMILES string of the molecule is Cc1ccc2ccn(CC(=O)Nc3cccc(N)c3)c2c1. The minimum atomic E-state index is -0.0698. The molecule has 0 aliphatic heterocycles. The summed E-state index contributed by atoms with van der Waals surface area (Å²) in [5.41, 5.74) is 9.30. The third-order valence-corrected chi connectivity index (χ3v) is 3.41. The van der Waals surface area contributed by atoms with Crippen molar-refractivity contribution in [3.8, 4) is 0 Å². The molecule has 0 saturated heterocycles. The van der Waals surface area contributed by atoms with Crippen molar-refractivity contribution in [2.24, 2.45) is 0 Å². The van der Waals surface area contributed by atoms with Gasteiger partial charge in [0.2, 0.25) is 5.91 Å². The quantitative estimate of drug-likeness (QED) is 0.723. The molecule has 4 nitrogen and oxygen atoms in total. The van der Waals surface area contributed by atoms with E-state index in [4.69, 9.17) is 5.73 Å². The van der Waals surface area contributed by atoms with E-state index in [0.29, 0.717) is 11.4 Å². The minimum absolute atomic E-state index is 0.0698. The van der Waals surface area contributed by atoms with Crippen LogP contribution in [0.2, 0.25) is 0 Å². The first-order valence-electron chi connectivity index (χ1n) is 6.83. The monoisotopic (exact) mass is 279 g/mol. The van der Waals surface area contributed by atoms with Crippen LogP contribution >= 0.6 is 0 Å². The molecular weight excluding hydrogens is 262 g/mol. The lowest BCUT2D eigenvalue weighted by Gasteiger charge is -2.08. The predicted octanol–water partition coefficient (Wildman–Crippen LogP) is 3.17. The Labute approximate surface area is 123 Å². The highest BCUT2D eigenvalue weighted by Crippen LogP contribution is 2.18. The van der Waals surface area contributed by atoms with Crippen molar-refractivity contribution in [3.05, 3.63) is 60.3 Å². The number of nitrogen functional groups attached to an aromatic ring is 1. The summed E-state index contributed by atoms with van der Waals surface area (Å²) in [6.45, 7) is 2.32. The Bertz CT molecular complexity index is 805. The number of aromatic nitrogens is 1. The zero-order valence-corrected chi connectivity index (χ0v) is 11.8. The molecule has 1 heterocycles. The second-order valence-corrected chi connectivity index (χ2v) is 5.18. The standard InChI is InChI=1S/C17H17N3O/c1-12-5-6-13-7-8-20(16(13)9-12)11-17(21)19-15-4-2-3-14(18)10-15/h2-10H,11,18H2,1H3,(H,19,21). The Morgan fingerprint density at radius 2 is 2.05 bits per heavy atom. The molecule has 0 aliphatic carbocycles. The smallest absolute Gasteiger partial charge is 0.244 e. The average Bonchev–Trinajstić information content (AvgIpc) is 2.81. The van der Waals surface area contributed by atoms with Gasteiger partial charge in [-0.3, -0.25) is 4.79 Å². The van der Waals surface area contributed by atoms with E-state index in [0.717, 1.165) is 10.9 Å². The Kier molecular flexibility index (Phi) is 3.36. The third-order valence-electron chi connectivity index (χ3n) is 3.41. The largest absolute Gasteiger partial charge is 0.399 e. The number of hydrogen-bond donors (Lipinski definition) is 2. The number of benzene rings is 2. The van der Waals surface area contributed by atoms with E-state index in [9.17, 15) is 4.79 Å². The second kappa shape index (κ2) is 5.32. The van der Waals surface area contributed by atoms with Crippen LogP contribution in [0.3, 0.4) is 0 Å². The molecule has 3 aromatic rings. The summed E-state index contributed by atoms with van der Waals surface area (Å²) < 4.78 is 1.95. The van der Waals surface area contributed by atoms with Gasteiger partial charge in [0, 0.05) is 23.1 Å². The lowest BCUT2D eigenvalue weighted by atomic mass is 10.2. The van der Waals surface area contributed by atoms with Gasteiger partial charge in [0.05, 0.1) is 0 Å². The van der Waals surface area contributed by atoms with Crippen molar-refractivity contribution in [2.45, 2.75) is 13.5 Å². The number of fused-ring (bicyclic) bond motifs is 1. The highest BCUT2D eigenvalue weighted by molar-refractivity contribution is 5.92. The lowest BCUT2D eigenvalue weighted by Crippen LogP contribution is -2.18. The number of nitrogens with zero attached hydrogens (tertiary/aromatic N) is 1. The van der Waals surface area contributed by atoms with Crippen LogP contribution in [0.15, 0.2) is 54.7 Å². The van der Waals surface area contributed by atoms with E-state index in [1.54, 1.807) is 12.1 Å². The summed E-state index contributed by atoms with van der Waals surface area (Å²) in [6.07, 6.45) is 1.93. The van der Waals surface area contributed by atoms with Crippen LogP contribution in [-0.4, -0.2) is 10.5 Å². The Morgan fingerprint density at radius 1 is 1.19 bits per heavy atom. The van der Waals surface area contributed by atoms with Gasteiger partial charge in [0.25, 0.3) is 0 Å². The van der Waals surface area contributed by atoms with Gasteiger partial charge in [-0.05, 0) is 48.2 Å².